The van der Waals surface area contributed by atoms with Crippen LogP contribution in [0.25, 0.3) is 0 Å². The van der Waals surface area contributed by atoms with Crippen molar-refractivity contribution in [1.29, 1.82) is 0 Å². The monoisotopic (exact) mass is 250 g/mol. The minimum atomic E-state index is -0.529. The van der Waals surface area contributed by atoms with Crippen LogP contribution in [-0.2, 0) is 4.74 Å². The average molecular weight is 250 g/mol. The summed E-state index contributed by atoms with van der Waals surface area (Å²) in [5.41, 5.74) is 11.6. The summed E-state index contributed by atoms with van der Waals surface area (Å²) >= 11 is 0. The van der Waals surface area contributed by atoms with Crippen LogP contribution in [0.4, 0.5) is 11.5 Å². The number of methoxy groups -OCH3 is 1. The summed E-state index contributed by atoms with van der Waals surface area (Å²) in [5.74, 6) is 0.205. The van der Waals surface area contributed by atoms with Crippen LogP contribution in [0, 0.1) is 0 Å². The first-order chi connectivity index (χ1) is 8.63. The predicted octanol–water partition coefficient (Wildman–Crippen LogP) is 0.378. The topological polar surface area (TPSA) is 94.5 Å². The Morgan fingerprint density at radius 1 is 1.61 bits per heavy atom. The molecular formula is C12H18N4O2. The molecule has 2 rings (SSSR count). The highest BCUT2D eigenvalue weighted by Crippen LogP contribution is 2.31. The number of hydrogen-bond donors (Lipinski definition) is 2. The van der Waals surface area contributed by atoms with Crippen LogP contribution in [0.1, 0.15) is 23.2 Å². The fraction of sp³-hybridized carbons (Fsp3) is 0.500. The molecule has 1 heterocycles. The Bertz CT molecular complexity index is 446. The molecule has 0 bridgehead atoms. The summed E-state index contributed by atoms with van der Waals surface area (Å²) in [5, 5.41) is 0. The van der Waals surface area contributed by atoms with E-state index in [1.807, 2.05) is 0 Å². The van der Waals surface area contributed by atoms with E-state index in [1.54, 1.807) is 13.2 Å². The molecule has 0 aromatic carbocycles. The standard InChI is InChI=1S/C12H18N4O2/c1-18-5-4-16(8-2-3-8)11-6-9(12(14)17)10(13)7-15-11/h6-8H,2-5,13H2,1H3,(H2,14,17). The average Bonchev–Trinajstić information content (AvgIpc) is 3.15. The molecular weight excluding hydrogens is 232 g/mol. The second-order valence-corrected chi connectivity index (χ2v) is 4.41. The van der Waals surface area contributed by atoms with Crippen molar-refractivity contribution in [2.75, 3.05) is 30.9 Å². The number of nitrogens with two attached hydrogens (primary N) is 2. The SMILES string of the molecule is COCCN(c1cc(C(N)=O)c(N)cn1)C1CC1. The maximum Gasteiger partial charge on any atom is 0.250 e. The Morgan fingerprint density at radius 2 is 2.33 bits per heavy atom. The Morgan fingerprint density at radius 3 is 2.89 bits per heavy atom. The number of nitrogens with zero attached hydrogens (tertiary/aromatic N) is 2. The lowest BCUT2D eigenvalue weighted by Crippen LogP contribution is -2.30. The molecule has 98 valence electrons. The van der Waals surface area contributed by atoms with Crippen molar-refractivity contribution in [1.82, 2.24) is 4.98 Å². The molecule has 1 aromatic rings. The van der Waals surface area contributed by atoms with E-state index in [9.17, 15) is 4.79 Å². The van der Waals surface area contributed by atoms with E-state index in [0.717, 1.165) is 25.2 Å². The molecule has 0 spiro atoms. The van der Waals surface area contributed by atoms with Crippen molar-refractivity contribution in [2.24, 2.45) is 5.73 Å². The first-order valence-corrected chi connectivity index (χ1v) is 5.94. The molecule has 1 saturated carbocycles. The van der Waals surface area contributed by atoms with E-state index in [-0.39, 0.29) is 0 Å². The number of carbonyl (C=O) groups excluding carboxylic acids is 1. The molecule has 6 nitrogen and oxygen atoms in total. The number of amides is 1. The van der Waals surface area contributed by atoms with Crippen molar-refractivity contribution in [3.63, 3.8) is 0 Å². The lowest BCUT2D eigenvalue weighted by Gasteiger charge is -2.23. The van der Waals surface area contributed by atoms with Crippen molar-refractivity contribution >= 4 is 17.4 Å². The number of nitrogen functional groups attached to an aromatic ring is 1. The van der Waals surface area contributed by atoms with Crippen molar-refractivity contribution < 1.29 is 9.53 Å². The highest BCUT2D eigenvalue weighted by Gasteiger charge is 2.30. The molecule has 1 amide bonds. The highest BCUT2D eigenvalue weighted by atomic mass is 16.5. The maximum atomic E-state index is 11.3. The third-order valence-corrected chi connectivity index (χ3v) is 3.00. The van der Waals surface area contributed by atoms with Gasteiger partial charge < -0.3 is 21.1 Å². The van der Waals surface area contributed by atoms with Crippen LogP contribution in [0.15, 0.2) is 12.3 Å². The lowest BCUT2D eigenvalue weighted by atomic mass is 10.2. The smallest absolute Gasteiger partial charge is 0.250 e. The van der Waals surface area contributed by atoms with Crippen LogP contribution in [0.2, 0.25) is 0 Å². The summed E-state index contributed by atoms with van der Waals surface area (Å²) in [4.78, 5) is 17.7. The van der Waals surface area contributed by atoms with Gasteiger partial charge in [0.25, 0.3) is 5.91 Å². The molecule has 1 aliphatic carbocycles. The Kier molecular flexibility index (Phi) is 3.66. The third kappa shape index (κ3) is 2.70. The van der Waals surface area contributed by atoms with Gasteiger partial charge in [-0.25, -0.2) is 4.98 Å². The summed E-state index contributed by atoms with van der Waals surface area (Å²) in [6.45, 7) is 1.37. The van der Waals surface area contributed by atoms with Gasteiger partial charge in [0.2, 0.25) is 0 Å². The molecule has 1 aliphatic rings. The van der Waals surface area contributed by atoms with Gasteiger partial charge in [0.1, 0.15) is 5.82 Å². The molecule has 0 radical (unpaired) electrons. The van der Waals surface area contributed by atoms with Crippen molar-refractivity contribution in [3.05, 3.63) is 17.8 Å². The summed E-state index contributed by atoms with van der Waals surface area (Å²) < 4.78 is 5.09. The van der Waals surface area contributed by atoms with E-state index >= 15 is 0 Å². The molecule has 0 saturated heterocycles. The fourth-order valence-electron chi connectivity index (χ4n) is 1.89. The van der Waals surface area contributed by atoms with Crippen LogP contribution < -0.4 is 16.4 Å². The number of pyridine rings is 1. The fourth-order valence-corrected chi connectivity index (χ4v) is 1.89. The lowest BCUT2D eigenvalue weighted by molar-refractivity contribution is 0.100. The summed E-state index contributed by atoms with van der Waals surface area (Å²) in [6.07, 6.45) is 3.76. The number of rotatable bonds is 6. The molecule has 0 aliphatic heterocycles. The number of hydrogen-bond acceptors (Lipinski definition) is 5. The molecule has 1 fully saturated rings. The van der Waals surface area contributed by atoms with Crippen LogP contribution in [-0.4, -0.2) is 37.2 Å². The second-order valence-electron chi connectivity index (χ2n) is 4.41. The van der Waals surface area contributed by atoms with Gasteiger partial charge in [-0.05, 0) is 18.9 Å². The van der Waals surface area contributed by atoms with E-state index < -0.39 is 5.91 Å². The summed E-state index contributed by atoms with van der Waals surface area (Å²) in [7, 11) is 1.66. The number of carbonyl (C=O) groups is 1. The molecule has 18 heavy (non-hydrogen) atoms. The van der Waals surface area contributed by atoms with E-state index in [1.165, 1.54) is 6.20 Å². The van der Waals surface area contributed by atoms with Crippen LogP contribution in [0.3, 0.4) is 0 Å². The second kappa shape index (κ2) is 5.22. The maximum absolute atomic E-state index is 11.3. The number of anilines is 2. The Hall–Kier alpha value is -1.82. The first kappa shape index (κ1) is 12.6. The van der Waals surface area contributed by atoms with Crippen LogP contribution >= 0.6 is 0 Å². The zero-order valence-corrected chi connectivity index (χ0v) is 10.4. The van der Waals surface area contributed by atoms with Gasteiger partial charge in [-0.1, -0.05) is 0 Å². The number of primary amides is 1. The molecule has 6 heteroatoms. The zero-order valence-electron chi connectivity index (χ0n) is 10.4. The highest BCUT2D eigenvalue weighted by molar-refractivity contribution is 5.98. The largest absolute Gasteiger partial charge is 0.397 e. The van der Waals surface area contributed by atoms with E-state index in [0.29, 0.717) is 23.9 Å². The van der Waals surface area contributed by atoms with Gasteiger partial charge in [0, 0.05) is 19.7 Å². The van der Waals surface area contributed by atoms with Crippen molar-refractivity contribution in [3.8, 4) is 0 Å². The Balaban J connectivity index is 2.24. The quantitative estimate of drug-likeness (QED) is 0.761. The summed E-state index contributed by atoms with van der Waals surface area (Å²) in [6, 6.07) is 2.14. The molecule has 0 atom stereocenters. The minimum absolute atomic E-state index is 0.314. The van der Waals surface area contributed by atoms with Gasteiger partial charge in [0.15, 0.2) is 0 Å². The molecule has 4 N–H and O–H groups in total. The Labute approximate surface area is 106 Å². The van der Waals surface area contributed by atoms with Gasteiger partial charge >= 0.3 is 0 Å². The third-order valence-electron chi connectivity index (χ3n) is 3.00. The number of aromatic nitrogens is 1. The first-order valence-electron chi connectivity index (χ1n) is 5.94. The minimum Gasteiger partial charge on any atom is -0.397 e. The van der Waals surface area contributed by atoms with Crippen molar-refractivity contribution in [2.45, 2.75) is 18.9 Å². The van der Waals surface area contributed by atoms with Crippen LogP contribution in [0.5, 0.6) is 0 Å². The number of ether oxygens (including phenoxy) is 1. The zero-order chi connectivity index (χ0) is 13.1. The van der Waals surface area contributed by atoms with Gasteiger partial charge in [-0.2, -0.15) is 0 Å². The van der Waals surface area contributed by atoms with E-state index in [2.05, 4.69) is 9.88 Å². The van der Waals surface area contributed by atoms with Gasteiger partial charge in [0.05, 0.1) is 24.1 Å². The normalized spacial score (nSPS) is 14.5. The molecule has 0 unspecified atom stereocenters. The van der Waals surface area contributed by atoms with Gasteiger partial charge in [-0.3, -0.25) is 4.79 Å². The van der Waals surface area contributed by atoms with Gasteiger partial charge in [-0.15, -0.1) is 0 Å². The van der Waals surface area contributed by atoms with E-state index in [4.69, 9.17) is 16.2 Å². The predicted molar refractivity (Wildman–Crippen MR) is 69.4 cm³/mol. The molecule has 1 aromatic heterocycles.